The van der Waals surface area contributed by atoms with Gasteiger partial charge in [-0.25, -0.2) is 9.59 Å². The van der Waals surface area contributed by atoms with E-state index in [9.17, 15) is 9.59 Å². The molecule has 1 atom stereocenters. The number of amides is 2. The zero-order valence-electron chi connectivity index (χ0n) is 10.9. The average molecular weight is 259 g/mol. The zero-order valence-corrected chi connectivity index (χ0v) is 10.9. The first kappa shape index (κ1) is 14.7. The maximum atomic E-state index is 11.8. The molecule has 2 N–H and O–H groups in total. The second-order valence-corrected chi connectivity index (χ2v) is 4.17. The number of hydrogen-bond donors (Lipinski definition) is 2. The van der Waals surface area contributed by atoms with Gasteiger partial charge in [-0.15, -0.1) is 0 Å². The van der Waals surface area contributed by atoms with Gasteiger partial charge in [-0.2, -0.15) is 0 Å². The summed E-state index contributed by atoms with van der Waals surface area (Å²) in [6.45, 7) is 6.12. The fourth-order valence-corrected chi connectivity index (χ4v) is 1.83. The monoisotopic (exact) mass is 259 g/mol. The predicted octanol–water partition coefficient (Wildman–Crippen LogP) is -0.567. The third kappa shape index (κ3) is 4.15. The molecule has 1 aliphatic heterocycles. The van der Waals surface area contributed by atoms with Crippen molar-refractivity contribution in [2.45, 2.75) is 13.0 Å². The molecule has 1 rings (SSSR count). The number of nitrogens with one attached hydrogen (secondary N) is 1. The topological polar surface area (TPSA) is 82.1 Å². The lowest BCUT2D eigenvalue weighted by Crippen LogP contribution is -2.53. The van der Waals surface area contributed by atoms with Gasteiger partial charge in [0.05, 0.1) is 6.54 Å². The van der Waals surface area contributed by atoms with Crippen LogP contribution in [0.4, 0.5) is 4.79 Å². The normalized spacial score (nSPS) is 18.4. The van der Waals surface area contributed by atoms with Crippen LogP contribution in [-0.4, -0.2) is 79.4 Å². The fourth-order valence-electron chi connectivity index (χ4n) is 1.83. The van der Waals surface area contributed by atoms with Gasteiger partial charge in [0.2, 0.25) is 0 Å². The highest BCUT2D eigenvalue weighted by atomic mass is 16.5. The van der Waals surface area contributed by atoms with Crippen LogP contribution in [0.15, 0.2) is 0 Å². The molecule has 1 heterocycles. The average Bonchev–Trinajstić information content (AvgIpc) is 2.39. The van der Waals surface area contributed by atoms with Crippen molar-refractivity contribution in [3.05, 3.63) is 0 Å². The minimum absolute atomic E-state index is 0.0152. The van der Waals surface area contributed by atoms with Crippen molar-refractivity contribution in [1.29, 1.82) is 0 Å². The van der Waals surface area contributed by atoms with Gasteiger partial charge >= 0.3 is 12.0 Å². The Morgan fingerprint density at radius 3 is 2.39 bits per heavy atom. The van der Waals surface area contributed by atoms with Gasteiger partial charge in [0, 0.05) is 33.3 Å². The molecule has 7 nitrogen and oxygen atoms in total. The Bertz CT molecular complexity index is 290. The lowest BCUT2D eigenvalue weighted by atomic mass is 10.3. The van der Waals surface area contributed by atoms with Crippen molar-refractivity contribution < 1.29 is 19.4 Å². The standard InChI is InChI=1S/C11H21N3O4/c1-3-13-4-6-14(7-5-13)11(17)12-8-9(18-2)10(15)16/h9H,3-8H2,1-2H3,(H,12,17)(H,15,16). The molecule has 0 spiro atoms. The molecular weight excluding hydrogens is 238 g/mol. The molecule has 2 amide bonds. The number of likely N-dealkylation sites (N-methyl/N-ethyl adjacent to an activating group) is 1. The first-order valence-electron chi connectivity index (χ1n) is 6.09. The molecule has 0 radical (unpaired) electrons. The van der Waals surface area contributed by atoms with E-state index in [0.29, 0.717) is 13.1 Å². The van der Waals surface area contributed by atoms with Crippen LogP contribution in [0.5, 0.6) is 0 Å². The van der Waals surface area contributed by atoms with Gasteiger partial charge < -0.3 is 25.0 Å². The van der Waals surface area contributed by atoms with Crippen molar-refractivity contribution in [2.24, 2.45) is 0 Å². The largest absolute Gasteiger partial charge is 0.479 e. The highest BCUT2D eigenvalue weighted by molar-refractivity contribution is 5.77. The Labute approximate surface area is 107 Å². The zero-order chi connectivity index (χ0) is 13.5. The summed E-state index contributed by atoms with van der Waals surface area (Å²) in [5, 5.41) is 11.3. The number of piperazine rings is 1. The molecule has 104 valence electrons. The molecule has 0 bridgehead atoms. The van der Waals surface area contributed by atoms with Gasteiger partial charge in [-0.05, 0) is 6.54 Å². The molecule has 7 heteroatoms. The summed E-state index contributed by atoms with van der Waals surface area (Å²) in [7, 11) is 1.31. The van der Waals surface area contributed by atoms with E-state index in [2.05, 4.69) is 17.1 Å². The minimum atomic E-state index is -1.08. The molecule has 0 aromatic carbocycles. The van der Waals surface area contributed by atoms with E-state index >= 15 is 0 Å². The Balaban J connectivity index is 2.31. The van der Waals surface area contributed by atoms with E-state index in [0.717, 1.165) is 19.6 Å². The van der Waals surface area contributed by atoms with Crippen molar-refractivity contribution in [1.82, 2.24) is 15.1 Å². The first-order valence-corrected chi connectivity index (χ1v) is 6.09. The number of carboxylic acid groups (broad SMARTS) is 1. The molecule has 0 aliphatic carbocycles. The summed E-state index contributed by atoms with van der Waals surface area (Å²) >= 11 is 0. The van der Waals surface area contributed by atoms with E-state index in [4.69, 9.17) is 9.84 Å². The number of carbonyl (C=O) groups excluding carboxylic acids is 1. The summed E-state index contributed by atoms with van der Waals surface area (Å²) < 4.78 is 4.74. The van der Waals surface area contributed by atoms with Crippen LogP contribution < -0.4 is 5.32 Å². The molecule has 1 fully saturated rings. The van der Waals surface area contributed by atoms with E-state index in [1.54, 1.807) is 4.90 Å². The van der Waals surface area contributed by atoms with Crippen molar-refractivity contribution in [3.8, 4) is 0 Å². The number of carboxylic acids is 1. The van der Waals surface area contributed by atoms with Crippen molar-refractivity contribution in [3.63, 3.8) is 0 Å². The Hall–Kier alpha value is -1.34. The molecular formula is C11H21N3O4. The van der Waals surface area contributed by atoms with Crippen LogP contribution >= 0.6 is 0 Å². The molecule has 1 saturated heterocycles. The van der Waals surface area contributed by atoms with Crippen molar-refractivity contribution >= 4 is 12.0 Å². The summed E-state index contributed by atoms with van der Waals surface area (Å²) in [4.78, 5) is 26.4. The van der Waals surface area contributed by atoms with E-state index < -0.39 is 12.1 Å². The van der Waals surface area contributed by atoms with Crippen LogP contribution in [0.2, 0.25) is 0 Å². The van der Waals surface area contributed by atoms with Crippen LogP contribution in [0.3, 0.4) is 0 Å². The maximum Gasteiger partial charge on any atom is 0.334 e. The lowest BCUT2D eigenvalue weighted by molar-refractivity contribution is -0.148. The molecule has 0 aromatic heterocycles. The Morgan fingerprint density at radius 2 is 1.94 bits per heavy atom. The predicted molar refractivity (Wildman–Crippen MR) is 65.5 cm³/mol. The van der Waals surface area contributed by atoms with Gasteiger partial charge in [0.1, 0.15) is 0 Å². The van der Waals surface area contributed by atoms with Crippen molar-refractivity contribution in [2.75, 3.05) is 46.4 Å². The first-order chi connectivity index (χ1) is 8.58. The summed E-state index contributed by atoms with van der Waals surface area (Å²) in [6, 6.07) is -0.228. The molecule has 0 saturated carbocycles. The highest BCUT2D eigenvalue weighted by Crippen LogP contribution is 2.01. The summed E-state index contributed by atoms with van der Waals surface area (Å²) in [5.41, 5.74) is 0. The van der Waals surface area contributed by atoms with Crippen LogP contribution in [-0.2, 0) is 9.53 Å². The minimum Gasteiger partial charge on any atom is -0.479 e. The van der Waals surface area contributed by atoms with Gasteiger partial charge in [0.25, 0.3) is 0 Å². The summed E-state index contributed by atoms with van der Waals surface area (Å²) in [6.07, 6.45) is -0.995. The van der Waals surface area contributed by atoms with Crippen LogP contribution in [0.25, 0.3) is 0 Å². The molecule has 1 aliphatic rings. The second kappa shape index (κ2) is 7.17. The number of ether oxygens (including phenoxy) is 1. The van der Waals surface area contributed by atoms with E-state index in [1.807, 2.05) is 0 Å². The van der Waals surface area contributed by atoms with E-state index in [1.165, 1.54) is 7.11 Å². The molecule has 18 heavy (non-hydrogen) atoms. The second-order valence-electron chi connectivity index (χ2n) is 4.17. The summed E-state index contributed by atoms with van der Waals surface area (Å²) in [5.74, 6) is -1.08. The van der Waals surface area contributed by atoms with Gasteiger partial charge in [-0.1, -0.05) is 6.92 Å². The third-order valence-corrected chi connectivity index (χ3v) is 3.11. The highest BCUT2D eigenvalue weighted by Gasteiger charge is 2.22. The maximum absolute atomic E-state index is 11.8. The Kier molecular flexibility index (Phi) is 5.87. The van der Waals surface area contributed by atoms with E-state index in [-0.39, 0.29) is 12.6 Å². The molecule has 1 unspecified atom stereocenters. The number of methoxy groups -OCH3 is 1. The number of urea groups is 1. The number of hydrogen-bond acceptors (Lipinski definition) is 4. The quantitative estimate of drug-likeness (QED) is 0.691. The van der Waals surface area contributed by atoms with Gasteiger partial charge in [0.15, 0.2) is 6.10 Å². The van der Waals surface area contributed by atoms with Crippen LogP contribution in [0, 0.1) is 0 Å². The SMILES string of the molecule is CCN1CCN(C(=O)NCC(OC)C(=O)O)CC1. The lowest BCUT2D eigenvalue weighted by Gasteiger charge is -2.34. The molecule has 0 aromatic rings. The number of rotatable bonds is 5. The number of carbonyl (C=O) groups is 2. The van der Waals surface area contributed by atoms with Gasteiger partial charge in [-0.3, -0.25) is 0 Å². The van der Waals surface area contributed by atoms with Crippen LogP contribution in [0.1, 0.15) is 6.92 Å². The fraction of sp³-hybridized carbons (Fsp3) is 0.818. The smallest absolute Gasteiger partial charge is 0.334 e. The number of aliphatic carboxylic acids is 1. The third-order valence-electron chi connectivity index (χ3n) is 3.11. The number of nitrogens with zero attached hydrogens (tertiary/aromatic N) is 2. The Morgan fingerprint density at radius 1 is 1.33 bits per heavy atom.